The molecule has 0 spiro atoms. The van der Waals surface area contributed by atoms with E-state index in [1.54, 1.807) is 31.2 Å². The molecule has 0 aliphatic heterocycles. The Morgan fingerprint density at radius 3 is 2.69 bits per heavy atom. The van der Waals surface area contributed by atoms with Crippen LogP contribution in [0, 0.1) is 10.1 Å². The second-order valence-corrected chi connectivity index (χ2v) is 5.42. The van der Waals surface area contributed by atoms with Crippen LogP contribution >= 0.6 is 12.2 Å². The van der Waals surface area contributed by atoms with Gasteiger partial charge in [-0.05, 0) is 43.4 Å². The number of hydrogen-bond acceptors (Lipinski definition) is 6. The summed E-state index contributed by atoms with van der Waals surface area (Å²) in [5.41, 5.74) is 0.438. The van der Waals surface area contributed by atoms with Gasteiger partial charge < -0.3 is 14.8 Å². The first kappa shape index (κ1) is 19.1. The Kier molecular flexibility index (Phi) is 6.45. The molecule has 0 saturated carbocycles. The van der Waals surface area contributed by atoms with Crippen LogP contribution in [0.15, 0.2) is 42.5 Å². The van der Waals surface area contributed by atoms with Crippen molar-refractivity contribution in [1.82, 2.24) is 5.32 Å². The van der Waals surface area contributed by atoms with Crippen molar-refractivity contribution in [3.05, 3.63) is 58.1 Å². The molecule has 2 N–H and O–H groups in total. The fraction of sp³-hybridized carbons (Fsp3) is 0.176. The third kappa shape index (κ3) is 4.90. The van der Waals surface area contributed by atoms with Gasteiger partial charge in [0.2, 0.25) is 0 Å². The Hall–Kier alpha value is -3.20. The van der Waals surface area contributed by atoms with Crippen molar-refractivity contribution in [2.45, 2.75) is 6.92 Å². The number of benzene rings is 2. The van der Waals surface area contributed by atoms with E-state index in [1.807, 2.05) is 0 Å². The number of carbonyl (C=O) groups excluding carboxylic acids is 1. The average Bonchev–Trinajstić information content (AvgIpc) is 2.62. The number of nitro groups is 1. The standard InChI is InChI=1S/C17H17N3O5S/c1-3-25-15-8-7-11(9-14(15)20(22)23)16(21)19-17(26)18-12-5-4-6-13(10-12)24-2/h4-10H,3H2,1-2H3,(H2,18,19,21,26). The number of thiocarbonyl (C=S) groups is 1. The summed E-state index contributed by atoms with van der Waals surface area (Å²) in [4.78, 5) is 22.8. The van der Waals surface area contributed by atoms with E-state index < -0.39 is 10.8 Å². The molecule has 8 nitrogen and oxygen atoms in total. The zero-order valence-electron chi connectivity index (χ0n) is 14.1. The number of nitrogens with zero attached hydrogens (tertiary/aromatic N) is 1. The zero-order valence-corrected chi connectivity index (χ0v) is 15.0. The van der Waals surface area contributed by atoms with Gasteiger partial charge in [-0.2, -0.15) is 0 Å². The summed E-state index contributed by atoms with van der Waals surface area (Å²) in [6, 6.07) is 11.0. The Morgan fingerprint density at radius 2 is 2.04 bits per heavy atom. The Morgan fingerprint density at radius 1 is 1.27 bits per heavy atom. The predicted octanol–water partition coefficient (Wildman–Crippen LogP) is 3.13. The maximum atomic E-state index is 12.3. The van der Waals surface area contributed by atoms with Crippen molar-refractivity contribution < 1.29 is 19.2 Å². The molecule has 0 bridgehead atoms. The van der Waals surface area contributed by atoms with Gasteiger partial charge in [-0.15, -0.1) is 0 Å². The lowest BCUT2D eigenvalue weighted by Gasteiger charge is -2.11. The van der Waals surface area contributed by atoms with Gasteiger partial charge in [-0.25, -0.2) is 0 Å². The SMILES string of the molecule is CCOc1ccc(C(=O)NC(=S)Nc2cccc(OC)c2)cc1[N+](=O)[O-]. The molecule has 26 heavy (non-hydrogen) atoms. The molecule has 0 aliphatic carbocycles. The van der Waals surface area contributed by atoms with E-state index in [4.69, 9.17) is 21.7 Å². The largest absolute Gasteiger partial charge is 0.497 e. The number of carbonyl (C=O) groups is 1. The first-order valence-electron chi connectivity index (χ1n) is 7.62. The molecule has 2 aromatic rings. The smallest absolute Gasteiger partial charge is 0.311 e. The number of nitro benzene ring substituents is 1. The van der Waals surface area contributed by atoms with Crippen LogP contribution in [0.2, 0.25) is 0 Å². The minimum absolute atomic E-state index is 0.0554. The molecule has 0 aromatic heterocycles. The van der Waals surface area contributed by atoms with Gasteiger partial charge in [0.15, 0.2) is 10.9 Å². The lowest BCUT2D eigenvalue weighted by molar-refractivity contribution is -0.385. The van der Waals surface area contributed by atoms with Crippen LogP contribution in [0.1, 0.15) is 17.3 Å². The van der Waals surface area contributed by atoms with Crippen molar-refractivity contribution in [1.29, 1.82) is 0 Å². The first-order chi connectivity index (χ1) is 12.4. The topological polar surface area (TPSA) is 103 Å². The van der Waals surface area contributed by atoms with E-state index in [-0.39, 0.29) is 28.7 Å². The number of nitrogens with one attached hydrogen (secondary N) is 2. The predicted molar refractivity (Wildman–Crippen MR) is 101 cm³/mol. The minimum atomic E-state index is -0.603. The minimum Gasteiger partial charge on any atom is -0.497 e. The first-order valence-corrected chi connectivity index (χ1v) is 8.03. The molecule has 0 heterocycles. The number of ether oxygens (including phenoxy) is 2. The lowest BCUT2D eigenvalue weighted by Crippen LogP contribution is -2.34. The second-order valence-electron chi connectivity index (χ2n) is 5.01. The van der Waals surface area contributed by atoms with Crippen molar-refractivity contribution >= 4 is 34.6 Å². The number of methoxy groups -OCH3 is 1. The third-order valence-electron chi connectivity index (χ3n) is 3.27. The van der Waals surface area contributed by atoms with E-state index >= 15 is 0 Å². The Balaban J connectivity index is 2.10. The summed E-state index contributed by atoms with van der Waals surface area (Å²) in [7, 11) is 1.54. The van der Waals surface area contributed by atoms with Crippen LogP contribution in [0.3, 0.4) is 0 Å². The monoisotopic (exact) mass is 375 g/mol. The van der Waals surface area contributed by atoms with Gasteiger partial charge in [0.05, 0.1) is 18.6 Å². The Bertz CT molecular complexity index is 841. The summed E-state index contributed by atoms with van der Waals surface area (Å²) in [6.45, 7) is 1.99. The van der Waals surface area contributed by atoms with E-state index in [2.05, 4.69) is 10.6 Å². The van der Waals surface area contributed by atoms with Crippen LogP contribution in [-0.4, -0.2) is 29.7 Å². The van der Waals surface area contributed by atoms with Gasteiger partial charge in [-0.3, -0.25) is 20.2 Å². The van der Waals surface area contributed by atoms with E-state index in [0.717, 1.165) is 6.07 Å². The van der Waals surface area contributed by atoms with Gasteiger partial charge in [0.25, 0.3) is 5.91 Å². The molecule has 2 aromatic carbocycles. The number of amides is 1. The van der Waals surface area contributed by atoms with Gasteiger partial charge in [0.1, 0.15) is 5.75 Å². The molecule has 0 atom stereocenters. The third-order valence-corrected chi connectivity index (χ3v) is 3.48. The summed E-state index contributed by atoms with van der Waals surface area (Å²) in [6.07, 6.45) is 0. The average molecular weight is 375 g/mol. The van der Waals surface area contributed by atoms with E-state index in [0.29, 0.717) is 11.4 Å². The maximum absolute atomic E-state index is 12.3. The number of rotatable bonds is 6. The molecule has 136 valence electrons. The van der Waals surface area contributed by atoms with Crippen LogP contribution in [0.5, 0.6) is 11.5 Å². The fourth-order valence-corrected chi connectivity index (χ4v) is 2.33. The molecular formula is C17H17N3O5S. The quantitative estimate of drug-likeness (QED) is 0.454. The van der Waals surface area contributed by atoms with Crippen molar-refractivity contribution in [3.8, 4) is 11.5 Å². The molecule has 0 radical (unpaired) electrons. The fourth-order valence-electron chi connectivity index (χ4n) is 2.12. The number of anilines is 1. The summed E-state index contributed by atoms with van der Waals surface area (Å²) < 4.78 is 10.3. The summed E-state index contributed by atoms with van der Waals surface area (Å²) in [5.74, 6) is 0.161. The highest BCUT2D eigenvalue weighted by Gasteiger charge is 2.19. The van der Waals surface area contributed by atoms with E-state index in [9.17, 15) is 14.9 Å². The van der Waals surface area contributed by atoms with Crippen LogP contribution in [0.4, 0.5) is 11.4 Å². The molecule has 0 fully saturated rings. The van der Waals surface area contributed by atoms with Crippen molar-refractivity contribution in [2.75, 3.05) is 19.0 Å². The molecule has 0 unspecified atom stereocenters. The van der Waals surface area contributed by atoms with Crippen molar-refractivity contribution in [3.63, 3.8) is 0 Å². The zero-order chi connectivity index (χ0) is 19.1. The molecule has 0 aliphatic rings. The normalized spacial score (nSPS) is 9.92. The van der Waals surface area contributed by atoms with Gasteiger partial charge in [-0.1, -0.05) is 6.07 Å². The maximum Gasteiger partial charge on any atom is 0.311 e. The summed E-state index contributed by atoms with van der Waals surface area (Å²) in [5, 5.41) is 16.5. The van der Waals surface area contributed by atoms with Crippen molar-refractivity contribution in [2.24, 2.45) is 0 Å². The highest BCUT2D eigenvalue weighted by Crippen LogP contribution is 2.28. The lowest BCUT2D eigenvalue weighted by atomic mass is 10.1. The molecule has 0 saturated heterocycles. The number of hydrogen-bond donors (Lipinski definition) is 2. The second kappa shape index (κ2) is 8.77. The molecular weight excluding hydrogens is 358 g/mol. The molecule has 9 heteroatoms. The van der Waals surface area contributed by atoms with Crippen LogP contribution in [0.25, 0.3) is 0 Å². The highest BCUT2D eigenvalue weighted by molar-refractivity contribution is 7.80. The molecule has 1 amide bonds. The van der Waals surface area contributed by atoms with Crippen LogP contribution in [-0.2, 0) is 0 Å². The van der Waals surface area contributed by atoms with Gasteiger partial charge >= 0.3 is 5.69 Å². The highest BCUT2D eigenvalue weighted by atomic mass is 32.1. The van der Waals surface area contributed by atoms with E-state index in [1.165, 1.54) is 19.2 Å². The summed E-state index contributed by atoms with van der Waals surface area (Å²) >= 11 is 5.10. The Labute approximate surface area is 155 Å². The van der Waals surface area contributed by atoms with Gasteiger partial charge in [0, 0.05) is 23.4 Å². The molecule has 2 rings (SSSR count). The van der Waals surface area contributed by atoms with Crippen LogP contribution < -0.4 is 20.1 Å².